The molecule has 1 N–H and O–H groups in total. The standard InChI is InChI=1S/C20H32O2.C16H26O3.C13H18O5.3CH4/c1-5-19(3,4)18(21)22-20(6-2)11-14-10-15(20)17-13-8-7-12(9-13)16(14)17;1-4-14(2,3)13(17)19-16-8-11-5-12(9-16)7-15(18,6-11)10-16;1-4-13(2,3)12(15)18-9-7-5-6-8(16-7)10(9)17-11(6)14;;;/h12-17H,5-11H2,1-4H3;11-12,18H,4-10H2,1-3H3;6-10H,4-5H2,1-3H3;3*1H4. The average Bonchev–Trinajstić information content (AvgIpc) is 4.04. The fourth-order valence-electron chi connectivity index (χ4n) is 14.3. The smallest absolute Gasteiger partial charge is 0.312 e. The van der Waals surface area contributed by atoms with Crippen molar-refractivity contribution in [3.8, 4) is 0 Å². The molecule has 8 aliphatic carbocycles. The first-order chi connectivity index (χ1) is 27.6. The lowest BCUT2D eigenvalue weighted by molar-refractivity contribution is -0.225. The Kier molecular flexibility index (Phi) is 14.4. The second kappa shape index (κ2) is 17.5. The van der Waals surface area contributed by atoms with Gasteiger partial charge in [0.05, 0.1) is 33.9 Å². The lowest BCUT2D eigenvalue weighted by atomic mass is 9.52. The molecular weight excluding hydrogens is 785 g/mol. The van der Waals surface area contributed by atoms with Crippen molar-refractivity contribution in [1.29, 1.82) is 0 Å². The molecule has 0 aromatic carbocycles. The molecule has 0 aromatic heterocycles. The first kappa shape index (κ1) is 50.8. The van der Waals surface area contributed by atoms with Crippen LogP contribution in [-0.2, 0) is 42.9 Å². The molecule has 356 valence electrons. The van der Waals surface area contributed by atoms with Crippen molar-refractivity contribution in [2.24, 2.45) is 69.5 Å². The van der Waals surface area contributed by atoms with Crippen LogP contribution in [0.15, 0.2) is 0 Å². The Hall–Kier alpha value is -2.20. The molecule has 11 rings (SSSR count). The van der Waals surface area contributed by atoms with Crippen LogP contribution in [-0.4, -0.2) is 70.2 Å². The topological polar surface area (TPSA) is 135 Å². The SMILES string of the molecule is C.C.C.CCC(C)(C)C(=O)OC1(CC)CC2CC1C1C3CCC(C3)C21.CCC(C)(C)C(=O)OC12CC3CC(CC(O)(C3)C1)C2.CCC(C)(C)C(=O)OC1C2CC3C(=O)OC1C3O2. The van der Waals surface area contributed by atoms with Gasteiger partial charge in [-0.15, -0.1) is 0 Å². The monoisotopic (exact) mass is 873 g/mol. The van der Waals surface area contributed by atoms with E-state index in [1.807, 2.05) is 55.4 Å². The van der Waals surface area contributed by atoms with Crippen LogP contribution < -0.4 is 0 Å². The van der Waals surface area contributed by atoms with Crippen LogP contribution in [0.4, 0.5) is 0 Å². The summed E-state index contributed by atoms with van der Waals surface area (Å²) in [6.45, 7) is 20.0. The van der Waals surface area contributed by atoms with Crippen molar-refractivity contribution in [3.05, 3.63) is 0 Å². The van der Waals surface area contributed by atoms with Crippen molar-refractivity contribution < 1.29 is 48.0 Å². The van der Waals surface area contributed by atoms with Crippen LogP contribution >= 0.6 is 0 Å². The van der Waals surface area contributed by atoms with Gasteiger partial charge in [0.1, 0.15) is 17.3 Å². The summed E-state index contributed by atoms with van der Waals surface area (Å²) in [5.74, 6) is 5.84. The second-order valence-electron chi connectivity index (χ2n) is 23.3. The van der Waals surface area contributed by atoms with Gasteiger partial charge in [0.25, 0.3) is 0 Å². The van der Waals surface area contributed by atoms with Gasteiger partial charge >= 0.3 is 23.9 Å². The highest BCUT2D eigenvalue weighted by Crippen LogP contribution is 2.71. The Morgan fingerprint density at radius 1 is 0.677 bits per heavy atom. The van der Waals surface area contributed by atoms with Gasteiger partial charge < -0.3 is 28.8 Å². The van der Waals surface area contributed by atoms with Gasteiger partial charge in [-0.25, -0.2) is 0 Å². The van der Waals surface area contributed by atoms with Crippen LogP contribution in [0.25, 0.3) is 0 Å². The number of aliphatic hydroxyl groups is 1. The number of carbonyl (C=O) groups is 4. The van der Waals surface area contributed by atoms with Crippen molar-refractivity contribution in [2.45, 2.75) is 235 Å². The third kappa shape index (κ3) is 8.54. The molecule has 14 unspecified atom stereocenters. The third-order valence-corrected chi connectivity index (χ3v) is 18.4. The molecule has 3 saturated heterocycles. The zero-order valence-corrected chi connectivity index (χ0v) is 37.9. The molecule has 10 nitrogen and oxygen atoms in total. The van der Waals surface area contributed by atoms with E-state index in [4.69, 9.17) is 23.7 Å². The maximum atomic E-state index is 12.7. The van der Waals surface area contributed by atoms with E-state index in [2.05, 4.69) is 13.8 Å². The molecule has 0 amide bonds. The number of hydrogen-bond acceptors (Lipinski definition) is 10. The molecule has 11 aliphatic rings. The first-order valence-corrected chi connectivity index (χ1v) is 23.9. The minimum Gasteiger partial charge on any atom is -0.459 e. The molecule has 3 aliphatic heterocycles. The molecule has 10 heteroatoms. The zero-order valence-electron chi connectivity index (χ0n) is 37.9. The highest BCUT2D eigenvalue weighted by molar-refractivity contribution is 5.79. The van der Waals surface area contributed by atoms with E-state index in [0.717, 1.165) is 81.0 Å². The zero-order chi connectivity index (χ0) is 42.7. The van der Waals surface area contributed by atoms with Gasteiger partial charge in [-0.05, 0) is 179 Å². The quantitative estimate of drug-likeness (QED) is 0.128. The summed E-state index contributed by atoms with van der Waals surface area (Å²) in [6.07, 6.45) is 15.4. The predicted octanol–water partition coefficient (Wildman–Crippen LogP) is 10.8. The van der Waals surface area contributed by atoms with Gasteiger partial charge in [-0.2, -0.15) is 0 Å². The van der Waals surface area contributed by atoms with Crippen LogP contribution in [0.2, 0.25) is 0 Å². The molecule has 62 heavy (non-hydrogen) atoms. The van der Waals surface area contributed by atoms with Gasteiger partial charge in [-0.3, -0.25) is 19.2 Å². The summed E-state index contributed by atoms with van der Waals surface area (Å²) < 4.78 is 28.7. The van der Waals surface area contributed by atoms with E-state index >= 15 is 0 Å². The fourth-order valence-corrected chi connectivity index (χ4v) is 14.3. The predicted molar refractivity (Wildman–Crippen MR) is 241 cm³/mol. The Morgan fingerprint density at radius 2 is 1.23 bits per heavy atom. The van der Waals surface area contributed by atoms with Gasteiger partial charge in [0.15, 0.2) is 12.2 Å². The number of carbonyl (C=O) groups excluding carboxylic acids is 4. The number of fused-ring (bicyclic) bond motifs is 10. The van der Waals surface area contributed by atoms with Crippen LogP contribution in [0.5, 0.6) is 0 Å². The summed E-state index contributed by atoms with van der Waals surface area (Å²) in [4.78, 5) is 48.7. The lowest BCUT2D eigenvalue weighted by Crippen LogP contribution is -2.61. The van der Waals surface area contributed by atoms with Crippen molar-refractivity contribution in [3.63, 3.8) is 0 Å². The van der Waals surface area contributed by atoms with E-state index in [0.29, 0.717) is 37.0 Å². The van der Waals surface area contributed by atoms with E-state index in [1.54, 1.807) is 0 Å². The highest BCUT2D eigenvalue weighted by Gasteiger charge is 2.68. The molecule has 0 aromatic rings. The molecular formula is C52H88O10. The highest BCUT2D eigenvalue weighted by atomic mass is 16.7. The van der Waals surface area contributed by atoms with E-state index in [1.165, 1.54) is 32.1 Å². The van der Waals surface area contributed by atoms with Gasteiger partial charge in [-0.1, -0.05) is 50.0 Å². The fraction of sp³-hybridized carbons (Fsp3) is 0.923. The van der Waals surface area contributed by atoms with Crippen molar-refractivity contribution in [2.75, 3.05) is 0 Å². The minimum absolute atomic E-state index is 0. The van der Waals surface area contributed by atoms with Crippen molar-refractivity contribution in [1.82, 2.24) is 0 Å². The molecule has 0 spiro atoms. The summed E-state index contributed by atoms with van der Waals surface area (Å²) >= 11 is 0. The Labute approximate surface area is 375 Å². The second-order valence-corrected chi connectivity index (χ2v) is 23.3. The Morgan fingerprint density at radius 3 is 1.77 bits per heavy atom. The summed E-state index contributed by atoms with van der Waals surface area (Å²) in [7, 11) is 0. The summed E-state index contributed by atoms with van der Waals surface area (Å²) in [5.41, 5.74) is -2.29. The normalized spacial score (nSPS) is 42.8. The lowest BCUT2D eigenvalue weighted by Gasteiger charge is -2.59. The third-order valence-electron chi connectivity index (χ3n) is 18.4. The molecule has 14 atom stereocenters. The summed E-state index contributed by atoms with van der Waals surface area (Å²) in [6, 6.07) is 0. The number of ether oxygens (including phenoxy) is 5. The maximum absolute atomic E-state index is 12.7. The number of rotatable bonds is 10. The van der Waals surface area contributed by atoms with Gasteiger partial charge in [0.2, 0.25) is 0 Å². The molecule has 8 saturated carbocycles. The minimum atomic E-state index is -0.555. The molecule has 3 heterocycles. The number of esters is 4. The van der Waals surface area contributed by atoms with Gasteiger partial charge in [0, 0.05) is 12.3 Å². The largest absolute Gasteiger partial charge is 0.459 e. The summed E-state index contributed by atoms with van der Waals surface area (Å²) in [5, 5.41) is 10.6. The number of hydrogen-bond donors (Lipinski definition) is 1. The van der Waals surface area contributed by atoms with Crippen LogP contribution in [0.1, 0.15) is 194 Å². The van der Waals surface area contributed by atoms with Crippen LogP contribution in [0, 0.1) is 69.5 Å². The Balaban J connectivity index is 0.000000172. The average molecular weight is 873 g/mol. The first-order valence-electron chi connectivity index (χ1n) is 23.9. The van der Waals surface area contributed by atoms with Crippen LogP contribution in [0.3, 0.4) is 0 Å². The molecule has 0 radical (unpaired) electrons. The van der Waals surface area contributed by atoms with E-state index in [-0.39, 0.29) is 80.9 Å². The van der Waals surface area contributed by atoms with E-state index < -0.39 is 28.6 Å². The molecule has 10 bridgehead atoms. The van der Waals surface area contributed by atoms with E-state index in [9.17, 15) is 24.3 Å². The Bertz CT molecular complexity index is 1650. The van der Waals surface area contributed by atoms with Crippen molar-refractivity contribution >= 4 is 23.9 Å². The maximum Gasteiger partial charge on any atom is 0.312 e. The molecule has 11 fully saturated rings.